The molecule has 5 nitrogen and oxygen atoms in total. The fourth-order valence-corrected chi connectivity index (χ4v) is 1.90. The minimum atomic E-state index is 0.330. The number of imidazole rings is 1. The molecule has 0 saturated heterocycles. The first-order chi connectivity index (χ1) is 9.85. The third-order valence-electron chi connectivity index (χ3n) is 2.93. The fraction of sp³-hybridized carbons (Fsp3) is 0.0667. The van der Waals surface area contributed by atoms with Crippen LogP contribution in [0.2, 0.25) is 0 Å². The minimum Gasteiger partial charge on any atom is -0.449 e. The predicted octanol–water partition coefficient (Wildman–Crippen LogP) is 3.15. The first-order valence-electron chi connectivity index (χ1n) is 6.16. The summed E-state index contributed by atoms with van der Waals surface area (Å²) in [7, 11) is 0. The van der Waals surface area contributed by atoms with Gasteiger partial charge in [0.2, 0.25) is 5.76 Å². The zero-order valence-corrected chi connectivity index (χ0v) is 10.6. The van der Waals surface area contributed by atoms with Crippen LogP contribution in [-0.2, 0) is 6.54 Å². The van der Waals surface area contributed by atoms with Crippen LogP contribution in [0.1, 0.15) is 11.5 Å². The van der Waals surface area contributed by atoms with E-state index in [-0.39, 0.29) is 0 Å². The Balaban J connectivity index is 1.65. The smallest absolute Gasteiger partial charge is 0.203 e. The highest BCUT2D eigenvalue weighted by Gasteiger charge is 2.02. The molecule has 0 aliphatic rings. The van der Waals surface area contributed by atoms with Crippen LogP contribution in [-0.4, -0.2) is 9.97 Å². The number of benzene rings is 1. The van der Waals surface area contributed by atoms with Crippen LogP contribution in [0, 0.1) is 11.3 Å². The van der Waals surface area contributed by atoms with E-state index in [1.54, 1.807) is 24.7 Å². The van der Waals surface area contributed by atoms with E-state index in [1.807, 2.05) is 30.3 Å². The number of nitrogens with zero attached hydrogens (tertiary/aromatic N) is 2. The monoisotopic (exact) mass is 264 g/mol. The lowest BCUT2D eigenvalue weighted by molar-refractivity contribution is 0.506. The molecule has 20 heavy (non-hydrogen) atoms. The van der Waals surface area contributed by atoms with Crippen molar-refractivity contribution in [3.05, 3.63) is 60.4 Å². The Hall–Kier alpha value is -3.00. The molecule has 0 bridgehead atoms. The Morgan fingerprint density at radius 3 is 2.70 bits per heavy atom. The minimum absolute atomic E-state index is 0.330. The molecule has 2 aromatic heterocycles. The number of nitrogens with one attached hydrogen (secondary N) is 2. The van der Waals surface area contributed by atoms with Gasteiger partial charge in [-0.3, -0.25) is 0 Å². The lowest BCUT2D eigenvalue weighted by Gasteiger charge is -2.05. The van der Waals surface area contributed by atoms with Crippen LogP contribution in [0.15, 0.2) is 53.3 Å². The van der Waals surface area contributed by atoms with Crippen molar-refractivity contribution < 1.29 is 4.42 Å². The number of aromatic amines is 1. The van der Waals surface area contributed by atoms with Crippen LogP contribution in [0.3, 0.4) is 0 Å². The van der Waals surface area contributed by atoms with Gasteiger partial charge in [0.25, 0.3) is 0 Å². The Bertz CT molecular complexity index is 720. The van der Waals surface area contributed by atoms with E-state index in [0.717, 1.165) is 22.7 Å². The van der Waals surface area contributed by atoms with Gasteiger partial charge in [0, 0.05) is 5.69 Å². The van der Waals surface area contributed by atoms with Crippen LogP contribution in [0.4, 0.5) is 5.69 Å². The second-order valence-electron chi connectivity index (χ2n) is 4.27. The van der Waals surface area contributed by atoms with E-state index in [2.05, 4.69) is 15.3 Å². The van der Waals surface area contributed by atoms with Crippen LogP contribution < -0.4 is 5.32 Å². The fourth-order valence-electron chi connectivity index (χ4n) is 1.90. The lowest BCUT2D eigenvalue weighted by Crippen LogP contribution is -1.97. The Kier molecular flexibility index (Phi) is 3.21. The van der Waals surface area contributed by atoms with E-state index in [1.165, 1.54) is 0 Å². The van der Waals surface area contributed by atoms with Crippen molar-refractivity contribution in [3.63, 3.8) is 0 Å². The molecule has 0 radical (unpaired) electrons. The topological polar surface area (TPSA) is 77.6 Å². The molecule has 0 spiro atoms. The molecule has 2 N–H and O–H groups in total. The maximum Gasteiger partial charge on any atom is 0.203 e. The molecular weight excluding hydrogens is 252 g/mol. The standard InChI is InChI=1S/C15H12N4O/c16-7-13-5-6-14(20-13)8-18-12-3-1-11(2-4-12)15-9-17-10-19-15/h1-6,9-10,18H,8H2,(H,17,19). The van der Waals surface area contributed by atoms with Crippen molar-refractivity contribution in [2.75, 3.05) is 5.32 Å². The van der Waals surface area contributed by atoms with Gasteiger partial charge in [-0.2, -0.15) is 5.26 Å². The van der Waals surface area contributed by atoms with Gasteiger partial charge in [-0.25, -0.2) is 4.98 Å². The van der Waals surface area contributed by atoms with E-state index in [0.29, 0.717) is 12.3 Å². The number of furan rings is 1. The number of hydrogen-bond donors (Lipinski definition) is 2. The molecular formula is C15H12N4O. The van der Waals surface area contributed by atoms with E-state index >= 15 is 0 Å². The SMILES string of the molecule is N#Cc1ccc(CNc2ccc(-c3cnc[nH]3)cc2)o1. The summed E-state index contributed by atoms with van der Waals surface area (Å²) < 4.78 is 5.30. The molecule has 2 heterocycles. The van der Waals surface area contributed by atoms with Crippen molar-refractivity contribution in [3.8, 4) is 17.3 Å². The summed E-state index contributed by atoms with van der Waals surface area (Å²) in [6, 6.07) is 13.4. The number of nitriles is 1. The first kappa shape index (κ1) is 12.1. The van der Waals surface area contributed by atoms with Crippen molar-refractivity contribution in [1.82, 2.24) is 9.97 Å². The predicted molar refractivity (Wildman–Crippen MR) is 74.8 cm³/mol. The average molecular weight is 264 g/mol. The Morgan fingerprint density at radius 2 is 2.05 bits per heavy atom. The van der Waals surface area contributed by atoms with Gasteiger partial charge in [-0.15, -0.1) is 0 Å². The molecule has 0 fully saturated rings. The third kappa shape index (κ3) is 2.54. The molecule has 0 aliphatic carbocycles. The van der Waals surface area contributed by atoms with Gasteiger partial charge >= 0.3 is 0 Å². The number of H-pyrrole nitrogens is 1. The molecule has 0 unspecified atom stereocenters. The molecule has 1 aromatic carbocycles. The van der Waals surface area contributed by atoms with Gasteiger partial charge in [-0.1, -0.05) is 12.1 Å². The highest BCUT2D eigenvalue weighted by Crippen LogP contribution is 2.19. The zero-order chi connectivity index (χ0) is 13.8. The quantitative estimate of drug-likeness (QED) is 0.758. The molecule has 98 valence electrons. The maximum absolute atomic E-state index is 8.68. The van der Waals surface area contributed by atoms with Crippen molar-refractivity contribution >= 4 is 5.69 Å². The summed E-state index contributed by atoms with van der Waals surface area (Å²) in [6.45, 7) is 0.547. The van der Waals surface area contributed by atoms with Gasteiger partial charge in [0.05, 0.1) is 24.8 Å². The normalized spacial score (nSPS) is 10.2. The second kappa shape index (κ2) is 5.33. The largest absolute Gasteiger partial charge is 0.449 e. The summed E-state index contributed by atoms with van der Waals surface area (Å²) in [5, 5.41) is 11.9. The molecule has 0 amide bonds. The van der Waals surface area contributed by atoms with Crippen LogP contribution in [0.5, 0.6) is 0 Å². The number of anilines is 1. The van der Waals surface area contributed by atoms with Crippen LogP contribution >= 0.6 is 0 Å². The highest BCUT2D eigenvalue weighted by atomic mass is 16.3. The molecule has 3 rings (SSSR count). The zero-order valence-electron chi connectivity index (χ0n) is 10.6. The van der Waals surface area contributed by atoms with E-state index in [4.69, 9.17) is 9.68 Å². The first-order valence-corrected chi connectivity index (χ1v) is 6.16. The molecule has 3 aromatic rings. The summed E-state index contributed by atoms with van der Waals surface area (Å²) in [5.41, 5.74) is 3.06. The Morgan fingerprint density at radius 1 is 1.20 bits per heavy atom. The highest BCUT2D eigenvalue weighted by molar-refractivity contribution is 5.61. The molecule has 0 atom stereocenters. The summed E-state index contributed by atoms with van der Waals surface area (Å²) >= 11 is 0. The summed E-state index contributed by atoms with van der Waals surface area (Å²) in [5.74, 6) is 1.07. The molecule has 0 saturated carbocycles. The van der Waals surface area contributed by atoms with Gasteiger partial charge in [0.15, 0.2) is 0 Å². The summed E-state index contributed by atoms with van der Waals surface area (Å²) in [4.78, 5) is 7.06. The van der Waals surface area contributed by atoms with E-state index < -0.39 is 0 Å². The maximum atomic E-state index is 8.68. The van der Waals surface area contributed by atoms with Gasteiger partial charge in [-0.05, 0) is 29.8 Å². The Labute approximate surface area is 115 Å². The number of hydrogen-bond acceptors (Lipinski definition) is 4. The van der Waals surface area contributed by atoms with Crippen LogP contribution in [0.25, 0.3) is 11.3 Å². The second-order valence-corrected chi connectivity index (χ2v) is 4.27. The summed E-state index contributed by atoms with van der Waals surface area (Å²) in [6.07, 6.45) is 3.44. The molecule has 5 heteroatoms. The average Bonchev–Trinajstić information content (AvgIpc) is 3.17. The van der Waals surface area contributed by atoms with Gasteiger partial charge in [0.1, 0.15) is 11.8 Å². The van der Waals surface area contributed by atoms with Crippen molar-refractivity contribution in [2.24, 2.45) is 0 Å². The van der Waals surface area contributed by atoms with Gasteiger partial charge < -0.3 is 14.7 Å². The number of aromatic nitrogens is 2. The molecule has 0 aliphatic heterocycles. The number of rotatable bonds is 4. The lowest BCUT2D eigenvalue weighted by atomic mass is 10.1. The van der Waals surface area contributed by atoms with E-state index in [9.17, 15) is 0 Å². The third-order valence-corrected chi connectivity index (χ3v) is 2.93. The van der Waals surface area contributed by atoms with Crippen molar-refractivity contribution in [1.29, 1.82) is 5.26 Å². The van der Waals surface area contributed by atoms with Crippen molar-refractivity contribution in [2.45, 2.75) is 6.54 Å².